The van der Waals surface area contributed by atoms with Gasteiger partial charge in [0.1, 0.15) is 6.23 Å². The summed E-state index contributed by atoms with van der Waals surface area (Å²) < 4.78 is 5.43. The minimum atomic E-state index is -0.981. The number of anilines is 2. The van der Waals surface area contributed by atoms with Crippen LogP contribution < -0.4 is 10.2 Å². The van der Waals surface area contributed by atoms with Crippen LogP contribution in [-0.4, -0.2) is 31.1 Å². The molecular weight excluding hydrogens is 220 g/mol. The zero-order chi connectivity index (χ0) is 12.3. The molecule has 1 heterocycles. The molecule has 0 aromatic heterocycles. The molecule has 1 aliphatic rings. The van der Waals surface area contributed by atoms with E-state index >= 15 is 0 Å². The van der Waals surface area contributed by atoms with E-state index in [0.717, 1.165) is 18.5 Å². The van der Waals surface area contributed by atoms with Crippen molar-refractivity contribution in [1.29, 1.82) is 0 Å². The molecular formula is C12H16N2O3. The van der Waals surface area contributed by atoms with Crippen molar-refractivity contribution in [2.24, 2.45) is 0 Å². The molecule has 1 aromatic carbocycles. The van der Waals surface area contributed by atoms with Crippen LogP contribution in [0, 0.1) is 0 Å². The molecule has 1 saturated heterocycles. The molecule has 1 unspecified atom stereocenters. The predicted molar refractivity (Wildman–Crippen MR) is 65.5 cm³/mol. The molecule has 0 aliphatic carbocycles. The second kappa shape index (κ2) is 5.05. The van der Waals surface area contributed by atoms with E-state index in [1.54, 1.807) is 19.2 Å². The number of amides is 1. The number of nitrogens with one attached hydrogen (secondary N) is 1. The Morgan fingerprint density at radius 1 is 1.59 bits per heavy atom. The van der Waals surface area contributed by atoms with E-state index in [4.69, 9.17) is 4.74 Å². The van der Waals surface area contributed by atoms with Gasteiger partial charge >= 0.3 is 6.09 Å². The van der Waals surface area contributed by atoms with E-state index in [-0.39, 0.29) is 6.23 Å². The molecule has 5 nitrogen and oxygen atoms in total. The van der Waals surface area contributed by atoms with E-state index in [9.17, 15) is 9.90 Å². The minimum Gasteiger partial charge on any atom is -0.465 e. The molecule has 2 N–H and O–H groups in total. The van der Waals surface area contributed by atoms with Crippen molar-refractivity contribution in [2.45, 2.75) is 19.1 Å². The van der Waals surface area contributed by atoms with Gasteiger partial charge in [0, 0.05) is 19.3 Å². The summed E-state index contributed by atoms with van der Waals surface area (Å²) in [6, 6.07) is 7.29. The first-order chi connectivity index (χ1) is 8.22. The van der Waals surface area contributed by atoms with Crippen LogP contribution in [0.15, 0.2) is 24.3 Å². The van der Waals surface area contributed by atoms with Gasteiger partial charge in [0.15, 0.2) is 0 Å². The molecule has 92 valence electrons. The summed E-state index contributed by atoms with van der Waals surface area (Å²) in [5.74, 6) is 0. The van der Waals surface area contributed by atoms with Gasteiger partial charge in [-0.15, -0.1) is 0 Å². The second-order valence-corrected chi connectivity index (χ2v) is 3.92. The summed E-state index contributed by atoms with van der Waals surface area (Å²) >= 11 is 0. The standard InChI is InChI=1S/C12H16N2O3/c1-13-9-4-2-5-10(8-9)14(12(15)16)11-6-3-7-17-11/h2,4-5,8,11,13H,3,6-7H2,1H3,(H,15,16). The third kappa shape index (κ3) is 2.50. The van der Waals surface area contributed by atoms with E-state index < -0.39 is 6.09 Å². The second-order valence-electron chi connectivity index (χ2n) is 3.92. The molecule has 1 fully saturated rings. The van der Waals surface area contributed by atoms with Gasteiger partial charge in [-0.2, -0.15) is 0 Å². The van der Waals surface area contributed by atoms with Crippen LogP contribution in [0.3, 0.4) is 0 Å². The van der Waals surface area contributed by atoms with Crippen molar-refractivity contribution in [2.75, 3.05) is 23.9 Å². The Morgan fingerprint density at radius 2 is 2.41 bits per heavy atom. The fourth-order valence-corrected chi connectivity index (χ4v) is 1.98. The zero-order valence-electron chi connectivity index (χ0n) is 9.72. The van der Waals surface area contributed by atoms with Gasteiger partial charge in [-0.25, -0.2) is 4.79 Å². The molecule has 1 amide bonds. The molecule has 0 radical (unpaired) electrons. The maximum atomic E-state index is 11.3. The molecule has 1 atom stereocenters. The Morgan fingerprint density at radius 3 is 3.00 bits per heavy atom. The van der Waals surface area contributed by atoms with Crippen molar-refractivity contribution in [3.63, 3.8) is 0 Å². The number of nitrogens with zero attached hydrogens (tertiary/aromatic N) is 1. The maximum absolute atomic E-state index is 11.3. The lowest BCUT2D eigenvalue weighted by Crippen LogP contribution is -2.39. The highest BCUT2D eigenvalue weighted by molar-refractivity contribution is 5.87. The van der Waals surface area contributed by atoms with Gasteiger partial charge in [0.05, 0.1) is 5.69 Å². The normalized spacial score (nSPS) is 19.0. The fourth-order valence-electron chi connectivity index (χ4n) is 1.98. The largest absolute Gasteiger partial charge is 0.465 e. The zero-order valence-corrected chi connectivity index (χ0v) is 9.72. The lowest BCUT2D eigenvalue weighted by molar-refractivity contribution is 0.102. The third-order valence-corrected chi connectivity index (χ3v) is 2.81. The molecule has 1 aliphatic heterocycles. The van der Waals surface area contributed by atoms with Crippen molar-refractivity contribution in [3.8, 4) is 0 Å². The lowest BCUT2D eigenvalue weighted by atomic mass is 10.2. The Hall–Kier alpha value is -1.75. The van der Waals surface area contributed by atoms with Crippen molar-refractivity contribution < 1.29 is 14.6 Å². The molecule has 17 heavy (non-hydrogen) atoms. The number of carboxylic acid groups (broad SMARTS) is 1. The number of hydrogen-bond donors (Lipinski definition) is 2. The highest BCUT2D eigenvalue weighted by Crippen LogP contribution is 2.26. The Balaban J connectivity index is 2.28. The molecule has 5 heteroatoms. The Bertz CT molecular complexity index is 402. The average molecular weight is 236 g/mol. The SMILES string of the molecule is CNc1cccc(N(C(=O)O)C2CCCO2)c1. The van der Waals surface area contributed by atoms with Crippen molar-refractivity contribution in [1.82, 2.24) is 0 Å². The first kappa shape index (κ1) is 11.7. The Kier molecular flexibility index (Phi) is 3.49. The topological polar surface area (TPSA) is 61.8 Å². The van der Waals surface area contributed by atoms with Crippen molar-refractivity contribution in [3.05, 3.63) is 24.3 Å². The molecule has 0 spiro atoms. The first-order valence-electron chi connectivity index (χ1n) is 5.64. The maximum Gasteiger partial charge on any atom is 0.413 e. The summed E-state index contributed by atoms with van der Waals surface area (Å²) in [7, 11) is 1.80. The quantitative estimate of drug-likeness (QED) is 0.845. The van der Waals surface area contributed by atoms with E-state index in [1.807, 2.05) is 12.1 Å². The number of carbonyl (C=O) groups is 1. The number of rotatable bonds is 3. The summed E-state index contributed by atoms with van der Waals surface area (Å²) in [5, 5.41) is 12.3. The third-order valence-electron chi connectivity index (χ3n) is 2.81. The minimum absolute atomic E-state index is 0.361. The number of hydrogen-bond acceptors (Lipinski definition) is 3. The summed E-state index contributed by atoms with van der Waals surface area (Å²) in [4.78, 5) is 12.6. The van der Waals surface area contributed by atoms with Gasteiger partial charge in [-0.05, 0) is 31.0 Å². The fraction of sp³-hybridized carbons (Fsp3) is 0.417. The van der Waals surface area contributed by atoms with Crippen LogP contribution in [0.4, 0.5) is 16.2 Å². The van der Waals surface area contributed by atoms with Crippen LogP contribution >= 0.6 is 0 Å². The highest BCUT2D eigenvalue weighted by Gasteiger charge is 2.28. The molecule has 0 bridgehead atoms. The Labute approximate surface area is 100.0 Å². The van der Waals surface area contributed by atoms with Crippen LogP contribution in [-0.2, 0) is 4.74 Å². The van der Waals surface area contributed by atoms with E-state index in [1.165, 1.54) is 4.90 Å². The highest BCUT2D eigenvalue weighted by atomic mass is 16.5. The van der Waals surface area contributed by atoms with E-state index in [2.05, 4.69) is 5.32 Å². The monoisotopic (exact) mass is 236 g/mol. The van der Waals surface area contributed by atoms with Gasteiger partial charge in [-0.1, -0.05) is 6.07 Å². The van der Waals surface area contributed by atoms with Crippen LogP contribution in [0.1, 0.15) is 12.8 Å². The smallest absolute Gasteiger partial charge is 0.413 e. The van der Waals surface area contributed by atoms with Crippen LogP contribution in [0.2, 0.25) is 0 Å². The van der Waals surface area contributed by atoms with Crippen LogP contribution in [0.25, 0.3) is 0 Å². The van der Waals surface area contributed by atoms with Gasteiger partial charge in [-0.3, -0.25) is 4.90 Å². The lowest BCUT2D eigenvalue weighted by Gasteiger charge is -2.25. The first-order valence-corrected chi connectivity index (χ1v) is 5.64. The number of benzene rings is 1. The van der Waals surface area contributed by atoms with Gasteiger partial charge in [0.2, 0.25) is 0 Å². The summed E-state index contributed by atoms with van der Waals surface area (Å²) in [5.41, 5.74) is 1.52. The average Bonchev–Trinajstić information content (AvgIpc) is 2.83. The van der Waals surface area contributed by atoms with Crippen LogP contribution in [0.5, 0.6) is 0 Å². The molecule has 0 saturated carbocycles. The summed E-state index contributed by atoms with van der Waals surface area (Å²) in [6.07, 6.45) is 0.306. The van der Waals surface area contributed by atoms with Gasteiger partial charge in [0.25, 0.3) is 0 Å². The van der Waals surface area contributed by atoms with Gasteiger partial charge < -0.3 is 15.2 Å². The van der Waals surface area contributed by atoms with E-state index in [0.29, 0.717) is 12.3 Å². The number of ether oxygens (including phenoxy) is 1. The molecule has 1 aromatic rings. The summed E-state index contributed by atoms with van der Waals surface area (Å²) in [6.45, 7) is 0.625. The molecule has 2 rings (SSSR count). The predicted octanol–water partition coefficient (Wildman–Crippen LogP) is 2.35. The van der Waals surface area contributed by atoms with Crippen molar-refractivity contribution >= 4 is 17.5 Å².